The van der Waals surface area contributed by atoms with Gasteiger partial charge in [-0.3, -0.25) is 0 Å². The van der Waals surface area contributed by atoms with Gasteiger partial charge in [0.2, 0.25) is 0 Å². The normalized spacial score (nSPS) is 13.0. The van der Waals surface area contributed by atoms with Gasteiger partial charge in [-0.1, -0.05) is 141 Å². The lowest BCUT2D eigenvalue weighted by Crippen LogP contribution is -2.16. The summed E-state index contributed by atoms with van der Waals surface area (Å²) in [4.78, 5) is 2.38. The molecule has 0 spiro atoms. The summed E-state index contributed by atoms with van der Waals surface area (Å²) in [5.41, 5.74) is 20.3. The van der Waals surface area contributed by atoms with E-state index in [1.807, 2.05) is 30.3 Å². The number of anilines is 3. The van der Waals surface area contributed by atoms with Crippen LogP contribution in [-0.4, -0.2) is 0 Å². The summed E-state index contributed by atoms with van der Waals surface area (Å²) in [5.74, 6) is 0. The average molecular weight is 860 g/mol. The molecule has 0 amide bonds. The lowest BCUT2D eigenvalue weighted by molar-refractivity contribution is 0.660. The maximum absolute atomic E-state index is 6.50. The highest BCUT2D eigenvalue weighted by Gasteiger charge is 2.36. The minimum Gasteiger partial charge on any atom is -0.456 e. The van der Waals surface area contributed by atoms with Crippen molar-refractivity contribution in [2.45, 2.75) is 19.3 Å². The third-order valence-corrected chi connectivity index (χ3v) is 14.3. The second-order valence-corrected chi connectivity index (χ2v) is 18.4. The van der Waals surface area contributed by atoms with Crippen molar-refractivity contribution in [1.29, 1.82) is 0 Å². The van der Waals surface area contributed by atoms with E-state index in [0.717, 1.165) is 116 Å². The Morgan fingerprint density at radius 3 is 1.31 bits per heavy atom. The summed E-state index contributed by atoms with van der Waals surface area (Å²) in [6, 6.07) is 76.1. The Morgan fingerprint density at radius 1 is 0.299 bits per heavy atom. The second-order valence-electron chi connectivity index (χ2n) is 18.4. The van der Waals surface area contributed by atoms with Gasteiger partial charge < -0.3 is 18.2 Å². The van der Waals surface area contributed by atoms with E-state index < -0.39 is 0 Å². The molecule has 1 aliphatic carbocycles. The molecule has 14 rings (SSSR count). The van der Waals surface area contributed by atoms with Crippen molar-refractivity contribution in [1.82, 2.24) is 0 Å². The number of benzene rings is 10. The van der Waals surface area contributed by atoms with E-state index >= 15 is 0 Å². The van der Waals surface area contributed by atoms with E-state index in [-0.39, 0.29) is 5.41 Å². The molecule has 3 heterocycles. The molecule has 3 aromatic heterocycles. The maximum atomic E-state index is 6.50. The van der Waals surface area contributed by atoms with E-state index in [0.29, 0.717) is 0 Å². The van der Waals surface area contributed by atoms with Gasteiger partial charge in [-0.2, -0.15) is 0 Å². The summed E-state index contributed by atoms with van der Waals surface area (Å²) in [6.45, 7) is 4.72. The highest BCUT2D eigenvalue weighted by Crippen LogP contribution is 2.52. The predicted molar refractivity (Wildman–Crippen MR) is 277 cm³/mol. The van der Waals surface area contributed by atoms with Crippen LogP contribution in [0.1, 0.15) is 25.0 Å². The zero-order valence-electron chi connectivity index (χ0n) is 36.9. The number of nitrogens with zero attached hydrogens (tertiary/aromatic N) is 1. The molecule has 4 nitrogen and oxygen atoms in total. The molecule has 4 heteroatoms. The summed E-state index contributed by atoms with van der Waals surface area (Å²) in [5, 5.41) is 6.81. The quantitative estimate of drug-likeness (QED) is 0.167. The van der Waals surface area contributed by atoms with Crippen LogP contribution in [0.3, 0.4) is 0 Å². The molecule has 316 valence electrons. The molecular formula is C63H41NO3. The van der Waals surface area contributed by atoms with Crippen molar-refractivity contribution in [3.63, 3.8) is 0 Å². The molecule has 0 atom stereocenters. The minimum absolute atomic E-state index is 0.261. The van der Waals surface area contributed by atoms with Gasteiger partial charge in [0, 0.05) is 60.4 Å². The fourth-order valence-electron chi connectivity index (χ4n) is 10.9. The van der Waals surface area contributed by atoms with E-state index in [2.05, 4.69) is 201 Å². The van der Waals surface area contributed by atoms with Crippen LogP contribution >= 0.6 is 0 Å². The first-order valence-electron chi connectivity index (χ1n) is 23.0. The Hall–Kier alpha value is -8.60. The zero-order chi connectivity index (χ0) is 44.4. The monoisotopic (exact) mass is 859 g/mol. The average Bonchev–Trinajstić information content (AvgIpc) is 4.12. The molecule has 0 unspecified atom stereocenters. The summed E-state index contributed by atoms with van der Waals surface area (Å²) < 4.78 is 19.1. The Labute approximate surface area is 386 Å². The highest BCUT2D eigenvalue weighted by atomic mass is 16.3. The number of furan rings is 3. The smallest absolute Gasteiger partial charge is 0.143 e. The number of fused-ring (bicyclic) bond motifs is 12. The largest absolute Gasteiger partial charge is 0.456 e. The van der Waals surface area contributed by atoms with Gasteiger partial charge in [0.05, 0.1) is 0 Å². The molecule has 0 bridgehead atoms. The summed E-state index contributed by atoms with van der Waals surface area (Å²) in [6.07, 6.45) is 0. The van der Waals surface area contributed by atoms with Gasteiger partial charge in [0.15, 0.2) is 0 Å². The topological polar surface area (TPSA) is 42.7 Å². The van der Waals surface area contributed by atoms with Crippen LogP contribution in [0.15, 0.2) is 226 Å². The SMILES string of the molecule is CC1(C)c2cc(-c3cccc4c3oc3ccccc34)ccc2-c2ccc(N(c3ccc(-c4ccc5c(c4)oc4ccccc45)cc3)c3ccc(-c4ccc5c(c4)oc4ccccc45)cc3)cc21. The van der Waals surface area contributed by atoms with Crippen molar-refractivity contribution in [2.24, 2.45) is 0 Å². The lowest BCUT2D eigenvalue weighted by atomic mass is 9.81. The second kappa shape index (κ2) is 14.2. The van der Waals surface area contributed by atoms with Gasteiger partial charge in [-0.05, 0) is 135 Å². The Bertz CT molecular complexity index is 3970. The Morgan fingerprint density at radius 2 is 0.731 bits per heavy atom. The van der Waals surface area contributed by atoms with Crippen LogP contribution in [0.4, 0.5) is 17.1 Å². The first-order valence-corrected chi connectivity index (χ1v) is 23.0. The van der Waals surface area contributed by atoms with Gasteiger partial charge in [0.25, 0.3) is 0 Å². The number of para-hydroxylation sites is 4. The Balaban J connectivity index is 0.855. The molecule has 1 aliphatic rings. The third kappa shape index (κ3) is 5.79. The van der Waals surface area contributed by atoms with Crippen LogP contribution in [-0.2, 0) is 5.41 Å². The van der Waals surface area contributed by atoms with Crippen molar-refractivity contribution in [3.8, 4) is 44.5 Å². The molecule has 0 N–H and O–H groups in total. The summed E-state index contributed by atoms with van der Waals surface area (Å²) in [7, 11) is 0. The molecular weight excluding hydrogens is 819 g/mol. The van der Waals surface area contributed by atoms with Crippen molar-refractivity contribution < 1.29 is 13.3 Å². The van der Waals surface area contributed by atoms with E-state index in [4.69, 9.17) is 13.3 Å². The molecule has 67 heavy (non-hydrogen) atoms. The predicted octanol–water partition coefficient (Wildman–Crippen LogP) is 18.2. The highest BCUT2D eigenvalue weighted by molar-refractivity contribution is 6.10. The van der Waals surface area contributed by atoms with E-state index in [9.17, 15) is 0 Å². The number of hydrogen-bond acceptors (Lipinski definition) is 4. The molecule has 0 radical (unpaired) electrons. The molecule has 0 saturated carbocycles. The first-order chi connectivity index (χ1) is 32.9. The van der Waals surface area contributed by atoms with E-state index in [1.165, 1.54) is 22.3 Å². The van der Waals surface area contributed by atoms with Crippen LogP contribution in [0.5, 0.6) is 0 Å². The van der Waals surface area contributed by atoms with Crippen molar-refractivity contribution >= 4 is 82.9 Å². The maximum Gasteiger partial charge on any atom is 0.143 e. The van der Waals surface area contributed by atoms with Crippen molar-refractivity contribution in [2.75, 3.05) is 4.90 Å². The number of rotatable bonds is 6. The molecule has 10 aromatic carbocycles. The molecule has 0 saturated heterocycles. The fourth-order valence-corrected chi connectivity index (χ4v) is 10.9. The van der Waals surface area contributed by atoms with Crippen LogP contribution in [0.25, 0.3) is 110 Å². The lowest BCUT2D eigenvalue weighted by Gasteiger charge is -2.28. The Kier molecular flexibility index (Phi) is 8.00. The number of hydrogen-bond donors (Lipinski definition) is 0. The third-order valence-electron chi connectivity index (χ3n) is 14.3. The minimum atomic E-state index is -0.261. The fraction of sp³-hybridized carbons (Fsp3) is 0.0476. The molecule has 0 aliphatic heterocycles. The zero-order valence-corrected chi connectivity index (χ0v) is 36.9. The first kappa shape index (κ1) is 37.7. The van der Waals surface area contributed by atoms with Crippen LogP contribution < -0.4 is 4.90 Å². The van der Waals surface area contributed by atoms with Gasteiger partial charge in [-0.25, -0.2) is 0 Å². The van der Waals surface area contributed by atoms with Gasteiger partial charge in [0.1, 0.15) is 33.5 Å². The molecule has 0 fully saturated rings. The molecule has 13 aromatic rings. The van der Waals surface area contributed by atoms with Crippen LogP contribution in [0.2, 0.25) is 0 Å². The van der Waals surface area contributed by atoms with Gasteiger partial charge >= 0.3 is 0 Å². The van der Waals surface area contributed by atoms with Crippen LogP contribution in [0, 0.1) is 0 Å². The summed E-state index contributed by atoms with van der Waals surface area (Å²) >= 11 is 0. The van der Waals surface area contributed by atoms with Crippen molar-refractivity contribution in [3.05, 3.63) is 223 Å². The van der Waals surface area contributed by atoms with E-state index in [1.54, 1.807) is 0 Å². The standard InChI is InChI=1S/C63H41NO3/c1-63(2)55-34-42(46-13-9-14-54-51-12-5-8-17-59(51)67-62(46)54)24-30-47(55)48-33-29-45(37-56(48)63)64(43-25-18-38(19-26-43)40-22-31-52-49-10-3-6-15-57(49)65-60(52)35-40)44-27-20-39(21-28-44)41-23-32-53-50-11-4-7-16-58(50)66-61(53)36-41/h3-37H,1-2H3. The van der Waals surface area contributed by atoms with Gasteiger partial charge in [-0.15, -0.1) is 0 Å².